The molecular formula is C17H24N4O3S. The molecule has 1 fully saturated rings. The van der Waals surface area contributed by atoms with Gasteiger partial charge < -0.3 is 5.11 Å². The number of sulfonamides is 1. The van der Waals surface area contributed by atoms with Gasteiger partial charge in [-0.2, -0.15) is 9.40 Å². The summed E-state index contributed by atoms with van der Waals surface area (Å²) in [5, 5.41) is 14.6. The van der Waals surface area contributed by atoms with Crippen molar-refractivity contribution in [2.24, 2.45) is 0 Å². The fourth-order valence-electron chi connectivity index (χ4n) is 3.25. The molecule has 0 radical (unpaired) electrons. The number of rotatable bonds is 7. The zero-order valence-electron chi connectivity index (χ0n) is 14.3. The number of benzene rings is 1. The normalized spacial score (nSPS) is 21.9. The van der Waals surface area contributed by atoms with Gasteiger partial charge in [-0.25, -0.2) is 8.42 Å². The third kappa shape index (κ3) is 3.92. The lowest BCUT2D eigenvalue weighted by Crippen LogP contribution is -2.44. The fraction of sp³-hybridized carbons (Fsp3) is 0.471. The van der Waals surface area contributed by atoms with Gasteiger partial charge in [0, 0.05) is 32.0 Å². The molecule has 0 amide bonds. The second-order valence-electron chi connectivity index (χ2n) is 6.17. The Morgan fingerprint density at radius 3 is 2.64 bits per heavy atom. The van der Waals surface area contributed by atoms with Crippen LogP contribution in [0, 0.1) is 0 Å². The van der Waals surface area contributed by atoms with E-state index in [1.165, 1.54) is 4.31 Å². The lowest BCUT2D eigenvalue weighted by molar-refractivity contribution is 0.0833. The van der Waals surface area contributed by atoms with Crippen molar-refractivity contribution in [2.75, 3.05) is 26.2 Å². The molecule has 0 bridgehead atoms. The molecule has 1 aliphatic heterocycles. The van der Waals surface area contributed by atoms with Crippen LogP contribution in [-0.4, -0.2) is 70.8 Å². The Labute approximate surface area is 148 Å². The van der Waals surface area contributed by atoms with E-state index in [9.17, 15) is 13.5 Å². The standard InChI is InChI=1S/C17H24N4O3S/c1-2-19(11-12-20-10-6-9-18-20)16-13-21(14-17(16)22)25(23,24)15-7-4-3-5-8-15/h3-10,16-17,22H,2,11-14H2,1H3/t16-,17-/m1/s1. The molecule has 2 aromatic rings. The second kappa shape index (κ2) is 7.65. The van der Waals surface area contributed by atoms with Gasteiger partial charge in [-0.15, -0.1) is 0 Å². The van der Waals surface area contributed by atoms with Gasteiger partial charge in [-0.1, -0.05) is 25.1 Å². The number of hydrogen-bond donors (Lipinski definition) is 1. The number of aliphatic hydroxyl groups excluding tert-OH is 1. The quantitative estimate of drug-likeness (QED) is 0.780. The van der Waals surface area contributed by atoms with Gasteiger partial charge in [0.1, 0.15) is 0 Å². The molecule has 0 unspecified atom stereocenters. The number of likely N-dealkylation sites (N-methyl/N-ethyl adjacent to an activating group) is 1. The van der Waals surface area contributed by atoms with Gasteiger partial charge in [0.05, 0.1) is 23.6 Å². The average Bonchev–Trinajstić information content (AvgIpc) is 3.27. The Bertz CT molecular complexity index is 764. The molecule has 1 aromatic carbocycles. The predicted molar refractivity (Wildman–Crippen MR) is 94.5 cm³/mol. The summed E-state index contributed by atoms with van der Waals surface area (Å²) in [6, 6.07) is 10.0. The summed E-state index contributed by atoms with van der Waals surface area (Å²) in [4.78, 5) is 2.38. The number of aliphatic hydroxyl groups is 1. The molecule has 136 valence electrons. The summed E-state index contributed by atoms with van der Waals surface area (Å²) < 4.78 is 28.7. The van der Waals surface area contributed by atoms with Crippen molar-refractivity contribution >= 4 is 10.0 Å². The maximum atomic E-state index is 12.8. The van der Waals surface area contributed by atoms with Crippen LogP contribution in [0.2, 0.25) is 0 Å². The smallest absolute Gasteiger partial charge is 0.243 e. The molecule has 1 N–H and O–H groups in total. The second-order valence-corrected chi connectivity index (χ2v) is 8.11. The minimum absolute atomic E-state index is 0.125. The van der Waals surface area contributed by atoms with E-state index in [-0.39, 0.29) is 17.5 Å². The van der Waals surface area contributed by atoms with Crippen molar-refractivity contribution in [1.29, 1.82) is 0 Å². The number of aromatic nitrogens is 2. The molecule has 0 aliphatic carbocycles. The molecule has 1 aliphatic rings. The molecule has 3 rings (SSSR count). The van der Waals surface area contributed by atoms with Crippen LogP contribution in [0.15, 0.2) is 53.7 Å². The number of hydrogen-bond acceptors (Lipinski definition) is 5. The first-order valence-corrected chi connectivity index (χ1v) is 9.91. The van der Waals surface area contributed by atoms with Crippen molar-refractivity contribution in [1.82, 2.24) is 19.0 Å². The van der Waals surface area contributed by atoms with Crippen LogP contribution in [0.5, 0.6) is 0 Å². The minimum Gasteiger partial charge on any atom is -0.390 e. The Hall–Kier alpha value is -1.74. The van der Waals surface area contributed by atoms with Crippen molar-refractivity contribution in [3.05, 3.63) is 48.8 Å². The lowest BCUT2D eigenvalue weighted by Gasteiger charge is -2.29. The third-order valence-corrected chi connectivity index (χ3v) is 6.50. The first-order valence-electron chi connectivity index (χ1n) is 8.47. The average molecular weight is 364 g/mol. The van der Waals surface area contributed by atoms with E-state index < -0.39 is 16.1 Å². The summed E-state index contributed by atoms with van der Waals surface area (Å²) in [5.41, 5.74) is 0. The van der Waals surface area contributed by atoms with Gasteiger partial charge in [0.25, 0.3) is 0 Å². The van der Waals surface area contributed by atoms with Crippen LogP contribution in [0.3, 0.4) is 0 Å². The van der Waals surface area contributed by atoms with E-state index >= 15 is 0 Å². The van der Waals surface area contributed by atoms with E-state index in [1.54, 1.807) is 36.5 Å². The molecule has 0 saturated carbocycles. The van der Waals surface area contributed by atoms with Crippen LogP contribution < -0.4 is 0 Å². The maximum absolute atomic E-state index is 12.8. The number of β-amino-alcohol motifs (C(OH)–C–C–N with tert-alkyl or cyclic N) is 1. The van der Waals surface area contributed by atoms with Gasteiger partial charge in [0.2, 0.25) is 10.0 Å². The summed E-state index contributed by atoms with van der Waals surface area (Å²) >= 11 is 0. The van der Waals surface area contributed by atoms with Crippen LogP contribution in [0.25, 0.3) is 0 Å². The molecule has 25 heavy (non-hydrogen) atoms. The first kappa shape index (κ1) is 18.1. The fourth-order valence-corrected chi connectivity index (χ4v) is 4.75. The van der Waals surface area contributed by atoms with Gasteiger partial charge >= 0.3 is 0 Å². The van der Waals surface area contributed by atoms with Gasteiger partial charge in [-0.3, -0.25) is 9.58 Å². The first-order chi connectivity index (χ1) is 12.0. The third-order valence-electron chi connectivity index (χ3n) is 4.66. The Balaban J connectivity index is 1.69. The summed E-state index contributed by atoms with van der Waals surface area (Å²) in [6.07, 6.45) is 2.93. The summed E-state index contributed by atoms with van der Waals surface area (Å²) in [7, 11) is -3.58. The Morgan fingerprint density at radius 1 is 1.24 bits per heavy atom. The number of nitrogens with zero attached hydrogens (tertiary/aromatic N) is 4. The minimum atomic E-state index is -3.58. The van der Waals surface area contributed by atoms with Crippen molar-refractivity contribution in [3.8, 4) is 0 Å². The van der Waals surface area contributed by atoms with Crippen LogP contribution >= 0.6 is 0 Å². The molecule has 1 aromatic heterocycles. The van der Waals surface area contributed by atoms with Crippen LogP contribution in [-0.2, 0) is 16.6 Å². The van der Waals surface area contributed by atoms with Crippen molar-refractivity contribution in [2.45, 2.75) is 30.5 Å². The highest BCUT2D eigenvalue weighted by Crippen LogP contribution is 2.24. The Kier molecular flexibility index (Phi) is 5.53. The monoisotopic (exact) mass is 364 g/mol. The van der Waals surface area contributed by atoms with E-state index in [1.807, 2.05) is 23.9 Å². The van der Waals surface area contributed by atoms with Crippen LogP contribution in [0.4, 0.5) is 0 Å². The topological polar surface area (TPSA) is 78.7 Å². The molecule has 1 saturated heterocycles. The highest BCUT2D eigenvalue weighted by Gasteiger charge is 2.40. The summed E-state index contributed by atoms with van der Waals surface area (Å²) in [5.74, 6) is 0. The molecule has 2 heterocycles. The van der Waals surface area contributed by atoms with E-state index in [4.69, 9.17) is 0 Å². The largest absolute Gasteiger partial charge is 0.390 e. The van der Waals surface area contributed by atoms with Crippen LogP contribution in [0.1, 0.15) is 6.92 Å². The van der Waals surface area contributed by atoms with Gasteiger partial charge in [-0.05, 0) is 24.7 Å². The van der Waals surface area contributed by atoms with E-state index in [0.29, 0.717) is 19.6 Å². The molecule has 8 heteroatoms. The van der Waals surface area contributed by atoms with E-state index in [0.717, 1.165) is 6.54 Å². The lowest BCUT2D eigenvalue weighted by atomic mass is 10.2. The molecular weight excluding hydrogens is 340 g/mol. The molecule has 7 nitrogen and oxygen atoms in total. The summed E-state index contributed by atoms with van der Waals surface area (Å²) in [6.45, 7) is 4.59. The predicted octanol–water partition coefficient (Wildman–Crippen LogP) is 0.639. The van der Waals surface area contributed by atoms with Gasteiger partial charge in [0.15, 0.2) is 0 Å². The maximum Gasteiger partial charge on any atom is 0.243 e. The van der Waals surface area contributed by atoms with Crippen molar-refractivity contribution < 1.29 is 13.5 Å². The Morgan fingerprint density at radius 2 is 2.00 bits per heavy atom. The molecule has 0 spiro atoms. The zero-order chi connectivity index (χ0) is 17.9. The van der Waals surface area contributed by atoms with E-state index in [2.05, 4.69) is 10.00 Å². The SMILES string of the molecule is CCN(CCn1cccn1)[C@@H]1CN(S(=O)(=O)c2ccccc2)C[C@H]1O. The highest BCUT2D eigenvalue weighted by atomic mass is 32.2. The highest BCUT2D eigenvalue weighted by molar-refractivity contribution is 7.89. The molecule has 2 atom stereocenters. The zero-order valence-corrected chi connectivity index (χ0v) is 15.1. The van der Waals surface area contributed by atoms with Crippen molar-refractivity contribution in [3.63, 3.8) is 0 Å².